The molecule has 0 aromatic rings. The second-order valence-electron chi connectivity index (χ2n) is 13.1. The standard InChI is InChI=1S/C45H71O9P/c1-3-5-7-9-11-13-15-17-19-21-23-25-27-29-31-33-35-37-45(48)54-43(41-53-55(49,50)51)40-52-44(47)39-38-42(46)36-34-32-30-28-26-24-22-20-18-16-14-12-10-8-6-4-2/h6,8,11-14,17-20,23-26,30,32,34,36,42-43,46H,3-5,7,9-10,15-16,21-22,27-29,31,33,35,37-41H2,1-2H3,(H2,49,50,51)/b8-6-,13-11-,14-12-,19-17-,20-18-,25-23-,26-24-,32-30-,36-34-/t42?,43-/m1/s1. The summed E-state index contributed by atoms with van der Waals surface area (Å²) >= 11 is 0. The van der Waals surface area contributed by atoms with Gasteiger partial charge in [-0.2, -0.15) is 0 Å². The second-order valence-corrected chi connectivity index (χ2v) is 14.3. The highest BCUT2D eigenvalue weighted by molar-refractivity contribution is 7.46. The molecule has 1 unspecified atom stereocenters. The number of aliphatic hydroxyl groups is 1. The van der Waals surface area contributed by atoms with Crippen molar-refractivity contribution in [3.63, 3.8) is 0 Å². The van der Waals surface area contributed by atoms with E-state index in [1.807, 2.05) is 12.2 Å². The molecule has 3 N–H and O–H groups in total. The largest absolute Gasteiger partial charge is 0.469 e. The normalized spacial score (nSPS) is 14.2. The number of hydrogen-bond acceptors (Lipinski definition) is 7. The van der Waals surface area contributed by atoms with E-state index in [0.29, 0.717) is 6.42 Å². The van der Waals surface area contributed by atoms with Crippen molar-refractivity contribution in [3.05, 3.63) is 109 Å². The Morgan fingerprint density at radius 3 is 1.64 bits per heavy atom. The van der Waals surface area contributed by atoms with Crippen LogP contribution < -0.4 is 0 Å². The molecule has 0 heterocycles. The number of ether oxygens (including phenoxy) is 2. The molecule has 0 bridgehead atoms. The molecule has 0 spiro atoms. The summed E-state index contributed by atoms with van der Waals surface area (Å²) in [6.07, 6.45) is 51.4. The maximum atomic E-state index is 12.4. The number of phosphoric ester groups is 1. The van der Waals surface area contributed by atoms with E-state index in [9.17, 15) is 19.3 Å². The van der Waals surface area contributed by atoms with Crippen molar-refractivity contribution in [2.45, 2.75) is 148 Å². The maximum absolute atomic E-state index is 12.4. The predicted octanol–water partition coefficient (Wildman–Crippen LogP) is 11.4. The Morgan fingerprint density at radius 2 is 1.09 bits per heavy atom. The molecule has 2 atom stereocenters. The number of carbonyl (C=O) groups is 2. The minimum absolute atomic E-state index is 0.0973. The van der Waals surface area contributed by atoms with E-state index >= 15 is 0 Å². The molecule has 0 aromatic heterocycles. The summed E-state index contributed by atoms with van der Waals surface area (Å²) in [7, 11) is -4.82. The summed E-state index contributed by atoms with van der Waals surface area (Å²) in [5.74, 6) is -1.21. The third-order valence-corrected chi connectivity index (χ3v) is 8.38. The van der Waals surface area contributed by atoms with Crippen LogP contribution in [0.4, 0.5) is 0 Å². The minimum Gasteiger partial charge on any atom is -0.462 e. The van der Waals surface area contributed by atoms with Crippen molar-refractivity contribution in [2.24, 2.45) is 0 Å². The zero-order valence-corrected chi connectivity index (χ0v) is 34.5. The third-order valence-electron chi connectivity index (χ3n) is 7.89. The van der Waals surface area contributed by atoms with Gasteiger partial charge in [-0.25, -0.2) is 4.57 Å². The van der Waals surface area contributed by atoms with Crippen LogP contribution in [-0.2, 0) is 28.2 Å². The zero-order valence-electron chi connectivity index (χ0n) is 33.6. The summed E-state index contributed by atoms with van der Waals surface area (Å²) in [4.78, 5) is 42.8. The van der Waals surface area contributed by atoms with Gasteiger partial charge in [-0.1, -0.05) is 149 Å². The smallest absolute Gasteiger partial charge is 0.462 e. The highest BCUT2D eigenvalue weighted by Gasteiger charge is 2.23. The van der Waals surface area contributed by atoms with Crippen LogP contribution in [0.5, 0.6) is 0 Å². The van der Waals surface area contributed by atoms with Crippen molar-refractivity contribution >= 4 is 19.8 Å². The van der Waals surface area contributed by atoms with Crippen LogP contribution >= 0.6 is 7.82 Å². The van der Waals surface area contributed by atoms with Gasteiger partial charge in [0.15, 0.2) is 6.10 Å². The Hall–Kier alpha value is -3.33. The molecule has 0 aliphatic heterocycles. The van der Waals surface area contributed by atoms with Crippen LogP contribution in [0.1, 0.15) is 136 Å². The van der Waals surface area contributed by atoms with Crippen molar-refractivity contribution in [3.8, 4) is 0 Å². The predicted molar refractivity (Wildman–Crippen MR) is 226 cm³/mol. The average Bonchev–Trinajstić information content (AvgIpc) is 3.15. The summed E-state index contributed by atoms with van der Waals surface area (Å²) in [6.45, 7) is 3.29. The highest BCUT2D eigenvalue weighted by Crippen LogP contribution is 2.36. The number of phosphoric acid groups is 1. The van der Waals surface area contributed by atoms with Crippen molar-refractivity contribution in [1.29, 1.82) is 0 Å². The van der Waals surface area contributed by atoms with Gasteiger partial charge in [-0.3, -0.25) is 14.1 Å². The average molecular weight is 787 g/mol. The molecule has 0 rings (SSSR count). The molecule has 0 radical (unpaired) electrons. The lowest BCUT2D eigenvalue weighted by Crippen LogP contribution is -2.29. The quantitative estimate of drug-likeness (QED) is 0.0188. The topological polar surface area (TPSA) is 140 Å². The fourth-order valence-corrected chi connectivity index (χ4v) is 5.20. The number of esters is 2. The number of hydrogen-bond donors (Lipinski definition) is 3. The lowest BCUT2D eigenvalue weighted by Gasteiger charge is -2.18. The van der Waals surface area contributed by atoms with Gasteiger partial charge in [0.25, 0.3) is 0 Å². The van der Waals surface area contributed by atoms with Gasteiger partial charge >= 0.3 is 19.8 Å². The van der Waals surface area contributed by atoms with E-state index in [1.54, 1.807) is 12.2 Å². The lowest BCUT2D eigenvalue weighted by atomic mass is 10.1. The van der Waals surface area contributed by atoms with E-state index in [0.717, 1.165) is 77.0 Å². The van der Waals surface area contributed by atoms with E-state index < -0.39 is 45.2 Å². The maximum Gasteiger partial charge on any atom is 0.469 e. The fraction of sp³-hybridized carbons (Fsp3) is 0.556. The molecule has 55 heavy (non-hydrogen) atoms. The Morgan fingerprint density at radius 1 is 0.582 bits per heavy atom. The molecule has 310 valence electrons. The first-order valence-corrected chi connectivity index (χ1v) is 21.8. The summed E-state index contributed by atoms with van der Waals surface area (Å²) < 4.78 is 26.2. The third kappa shape index (κ3) is 41.7. The molecular weight excluding hydrogens is 715 g/mol. The first-order valence-electron chi connectivity index (χ1n) is 20.3. The zero-order chi connectivity index (χ0) is 40.5. The van der Waals surface area contributed by atoms with Crippen molar-refractivity contribution in [1.82, 2.24) is 0 Å². The van der Waals surface area contributed by atoms with Crippen LogP contribution in [0.3, 0.4) is 0 Å². The molecular formula is C45H71O9P. The summed E-state index contributed by atoms with van der Waals surface area (Å²) in [6, 6.07) is 0. The van der Waals surface area contributed by atoms with Gasteiger partial charge in [0.1, 0.15) is 6.61 Å². The van der Waals surface area contributed by atoms with Gasteiger partial charge in [0.05, 0.1) is 12.7 Å². The van der Waals surface area contributed by atoms with Crippen LogP contribution in [0.2, 0.25) is 0 Å². The number of rotatable bonds is 35. The van der Waals surface area contributed by atoms with Crippen LogP contribution in [-0.4, -0.2) is 52.3 Å². The van der Waals surface area contributed by atoms with Gasteiger partial charge in [0.2, 0.25) is 0 Å². The second kappa shape index (κ2) is 38.9. The number of allylic oxidation sites excluding steroid dienone is 17. The van der Waals surface area contributed by atoms with Crippen molar-refractivity contribution < 1.29 is 43.0 Å². The van der Waals surface area contributed by atoms with E-state index in [4.69, 9.17) is 19.3 Å². The molecule has 0 aromatic carbocycles. The Kier molecular flexibility index (Phi) is 36.6. The molecule has 0 aliphatic rings. The highest BCUT2D eigenvalue weighted by atomic mass is 31.2. The van der Waals surface area contributed by atoms with E-state index in [2.05, 4.69) is 103 Å². The van der Waals surface area contributed by atoms with Crippen LogP contribution in [0, 0.1) is 0 Å². The Bertz CT molecular complexity index is 1270. The number of aliphatic hydroxyl groups excluding tert-OH is 1. The Balaban J connectivity index is 4.25. The first-order chi connectivity index (χ1) is 26.7. The van der Waals surface area contributed by atoms with Gasteiger partial charge < -0.3 is 24.4 Å². The lowest BCUT2D eigenvalue weighted by molar-refractivity contribution is -0.161. The van der Waals surface area contributed by atoms with Crippen LogP contribution in [0.15, 0.2) is 109 Å². The Labute approximate surface area is 332 Å². The van der Waals surface area contributed by atoms with Gasteiger partial charge in [-0.05, 0) is 83.5 Å². The number of unbranched alkanes of at least 4 members (excludes halogenated alkanes) is 7. The molecule has 0 saturated heterocycles. The van der Waals surface area contributed by atoms with E-state index in [1.165, 1.54) is 19.3 Å². The first kappa shape index (κ1) is 51.7. The molecule has 10 heteroatoms. The van der Waals surface area contributed by atoms with E-state index in [-0.39, 0.29) is 19.3 Å². The summed E-state index contributed by atoms with van der Waals surface area (Å²) in [5.41, 5.74) is 0. The fourth-order valence-electron chi connectivity index (χ4n) is 4.84. The number of carbonyl (C=O) groups excluding carboxylic acids is 2. The molecule has 0 saturated carbocycles. The monoisotopic (exact) mass is 786 g/mol. The molecule has 0 aliphatic carbocycles. The van der Waals surface area contributed by atoms with Crippen LogP contribution in [0.25, 0.3) is 0 Å². The minimum atomic E-state index is -4.82. The molecule has 9 nitrogen and oxygen atoms in total. The van der Waals surface area contributed by atoms with Gasteiger partial charge in [0, 0.05) is 12.8 Å². The SMILES string of the molecule is CC/C=C\C/C=C\C/C=C\C/C=C\C/C=C\C=C/C(O)CCC(=O)OC[C@H](COP(=O)(O)O)OC(=O)CCCCCC/C=C\C/C=C\C/C=C\CCCCC. The van der Waals surface area contributed by atoms with Gasteiger partial charge in [-0.15, -0.1) is 0 Å². The summed E-state index contributed by atoms with van der Waals surface area (Å²) in [5, 5.41) is 10.2. The van der Waals surface area contributed by atoms with Crippen molar-refractivity contribution in [2.75, 3.05) is 13.2 Å². The molecule has 0 amide bonds. The molecule has 0 fully saturated rings.